The number of ether oxygens (including phenoxy) is 2. The minimum Gasteiger partial charge on any atom is -0.388 e. The van der Waals surface area contributed by atoms with Crippen molar-refractivity contribution < 1.29 is 14.6 Å². The molecule has 0 saturated carbocycles. The van der Waals surface area contributed by atoms with Gasteiger partial charge in [0.05, 0.1) is 6.61 Å². The Morgan fingerprint density at radius 3 is 2.50 bits per heavy atom. The van der Waals surface area contributed by atoms with Gasteiger partial charge in [-0.2, -0.15) is 0 Å². The lowest BCUT2D eigenvalue weighted by atomic mass is 10.4. The molecule has 0 aliphatic heterocycles. The van der Waals surface area contributed by atoms with E-state index in [9.17, 15) is 0 Å². The lowest BCUT2D eigenvalue weighted by Gasteiger charge is -2.12. The smallest absolute Gasteiger partial charge is 0.111 e. The Morgan fingerprint density at radius 1 is 1.40 bits per heavy atom. The summed E-state index contributed by atoms with van der Waals surface area (Å²) in [5, 5.41) is 8.55. The Labute approximate surface area is 62.0 Å². The molecule has 0 aromatic rings. The van der Waals surface area contributed by atoms with Gasteiger partial charge < -0.3 is 14.6 Å². The summed E-state index contributed by atoms with van der Waals surface area (Å²) in [6, 6.07) is 0. The van der Waals surface area contributed by atoms with Crippen molar-refractivity contribution >= 4 is 0 Å². The highest BCUT2D eigenvalue weighted by Crippen LogP contribution is 1.94. The van der Waals surface area contributed by atoms with Crippen LogP contribution in [0.25, 0.3) is 0 Å². The summed E-state index contributed by atoms with van der Waals surface area (Å²) < 4.78 is 10.1. The molecular formula is C7H15O3. The van der Waals surface area contributed by atoms with Gasteiger partial charge in [0.1, 0.15) is 12.7 Å². The maximum atomic E-state index is 8.55. The molecule has 0 aliphatic rings. The van der Waals surface area contributed by atoms with Crippen molar-refractivity contribution in [1.29, 1.82) is 0 Å². The Kier molecular flexibility index (Phi) is 6.91. The second kappa shape index (κ2) is 6.99. The van der Waals surface area contributed by atoms with E-state index in [0.717, 1.165) is 6.61 Å². The third kappa shape index (κ3) is 4.73. The largest absolute Gasteiger partial charge is 0.388 e. The molecule has 0 heterocycles. The van der Waals surface area contributed by atoms with E-state index in [4.69, 9.17) is 14.6 Å². The molecule has 0 spiro atoms. The minimum atomic E-state index is -0.273. The molecule has 61 valence electrons. The second-order valence-electron chi connectivity index (χ2n) is 1.80. The van der Waals surface area contributed by atoms with E-state index in [1.807, 2.05) is 13.8 Å². The van der Waals surface area contributed by atoms with Crippen LogP contribution in [0.4, 0.5) is 0 Å². The van der Waals surface area contributed by atoms with Gasteiger partial charge in [0.15, 0.2) is 0 Å². The van der Waals surface area contributed by atoms with Crippen LogP contribution in [0.15, 0.2) is 0 Å². The molecule has 0 aliphatic carbocycles. The molecule has 3 nitrogen and oxygen atoms in total. The SMILES string of the molecule is CCOCC([CH]O)OCC. The van der Waals surface area contributed by atoms with Crippen molar-refractivity contribution in [3.63, 3.8) is 0 Å². The first-order valence-electron chi connectivity index (χ1n) is 3.52. The van der Waals surface area contributed by atoms with Crippen molar-refractivity contribution in [2.75, 3.05) is 19.8 Å². The van der Waals surface area contributed by atoms with Crippen LogP contribution in [0, 0.1) is 6.61 Å². The predicted octanol–water partition coefficient (Wildman–Crippen LogP) is 0.962. The summed E-state index contributed by atoms with van der Waals surface area (Å²) in [7, 11) is 0. The van der Waals surface area contributed by atoms with Gasteiger partial charge in [-0.3, -0.25) is 0 Å². The highest BCUT2D eigenvalue weighted by molar-refractivity contribution is 4.63. The average molecular weight is 147 g/mol. The molecule has 0 amide bonds. The monoisotopic (exact) mass is 147 g/mol. The molecule has 0 aromatic carbocycles. The molecule has 10 heavy (non-hydrogen) atoms. The third-order valence-electron chi connectivity index (χ3n) is 1.03. The summed E-state index contributed by atoms with van der Waals surface area (Å²) in [4.78, 5) is 0. The molecule has 3 heteroatoms. The predicted molar refractivity (Wildman–Crippen MR) is 38.1 cm³/mol. The van der Waals surface area contributed by atoms with Gasteiger partial charge in [-0.25, -0.2) is 0 Å². The van der Waals surface area contributed by atoms with Gasteiger partial charge in [0.25, 0.3) is 0 Å². The van der Waals surface area contributed by atoms with Crippen molar-refractivity contribution in [3.8, 4) is 0 Å². The van der Waals surface area contributed by atoms with Crippen LogP contribution in [0.5, 0.6) is 0 Å². The Bertz CT molecular complexity index is 65.9. The summed E-state index contributed by atoms with van der Waals surface area (Å²) in [6.07, 6.45) is -0.273. The van der Waals surface area contributed by atoms with Gasteiger partial charge in [-0.15, -0.1) is 0 Å². The van der Waals surface area contributed by atoms with Crippen molar-refractivity contribution in [3.05, 3.63) is 6.61 Å². The van der Waals surface area contributed by atoms with Crippen molar-refractivity contribution in [2.24, 2.45) is 0 Å². The fraction of sp³-hybridized carbons (Fsp3) is 0.857. The van der Waals surface area contributed by atoms with E-state index >= 15 is 0 Å². The van der Waals surface area contributed by atoms with Crippen LogP contribution in [0.2, 0.25) is 0 Å². The van der Waals surface area contributed by atoms with Gasteiger partial charge in [-0.05, 0) is 13.8 Å². The molecule has 0 bridgehead atoms. The fourth-order valence-corrected chi connectivity index (χ4v) is 0.582. The molecule has 1 N–H and O–H groups in total. The second-order valence-corrected chi connectivity index (χ2v) is 1.80. The summed E-state index contributed by atoms with van der Waals surface area (Å²) >= 11 is 0. The Balaban J connectivity index is 3.21. The first-order valence-corrected chi connectivity index (χ1v) is 3.52. The summed E-state index contributed by atoms with van der Waals surface area (Å²) in [5.74, 6) is 0. The van der Waals surface area contributed by atoms with Crippen LogP contribution in [-0.4, -0.2) is 31.0 Å². The van der Waals surface area contributed by atoms with Crippen LogP contribution in [0.3, 0.4) is 0 Å². The van der Waals surface area contributed by atoms with Gasteiger partial charge in [0.2, 0.25) is 0 Å². The molecule has 0 saturated heterocycles. The first-order chi connectivity index (χ1) is 4.85. The van der Waals surface area contributed by atoms with Gasteiger partial charge in [-0.1, -0.05) is 0 Å². The number of rotatable bonds is 6. The van der Waals surface area contributed by atoms with Gasteiger partial charge >= 0.3 is 0 Å². The van der Waals surface area contributed by atoms with Crippen LogP contribution in [0.1, 0.15) is 13.8 Å². The quantitative estimate of drug-likeness (QED) is 0.608. The average Bonchev–Trinajstić information content (AvgIpc) is 1.98. The maximum absolute atomic E-state index is 8.55. The van der Waals surface area contributed by atoms with Gasteiger partial charge in [0, 0.05) is 13.2 Å². The fourth-order valence-electron chi connectivity index (χ4n) is 0.582. The van der Waals surface area contributed by atoms with E-state index in [2.05, 4.69) is 0 Å². The van der Waals surface area contributed by atoms with E-state index < -0.39 is 0 Å². The molecule has 0 rings (SSSR count). The zero-order chi connectivity index (χ0) is 7.82. The standard InChI is InChI=1S/C7H15O3/c1-3-9-6-7(5-8)10-4-2/h5,7-8H,3-4,6H2,1-2H3. The maximum Gasteiger partial charge on any atom is 0.111 e. The summed E-state index contributed by atoms with van der Waals surface area (Å²) in [6.45, 7) is 6.47. The molecule has 1 unspecified atom stereocenters. The lowest BCUT2D eigenvalue weighted by molar-refractivity contribution is -0.0120. The number of hydrogen-bond acceptors (Lipinski definition) is 3. The zero-order valence-electron chi connectivity index (χ0n) is 6.54. The van der Waals surface area contributed by atoms with Crippen LogP contribution >= 0.6 is 0 Å². The minimum absolute atomic E-state index is 0.273. The zero-order valence-corrected chi connectivity index (χ0v) is 6.54. The molecule has 0 aromatic heterocycles. The topological polar surface area (TPSA) is 38.7 Å². The number of hydrogen-bond donors (Lipinski definition) is 1. The molecule has 0 fully saturated rings. The Morgan fingerprint density at radius 2 is 2.10 bits per heavy atom. The highest BCUT2D eigenvalue weighted by Gasteiger charge is 2.05. The van der Waals surface area contributed by atoms with E-state index in [1.165, 1.54) is 0 Å². The molecule has 1 radical (unpaired) electrons. The van der Waals surface area contributed by atoms with Crippen molar-refractivity contribution in [1.82, 2.24) is 0 Å². The van der Waals surface area contributed by atoms with E-state index in [1.54, 1.807) is 0 Å². The lowest BCUT2D eigenvalue weighted by Crippen LogP contribution is -2.20. The third-order valence-corrected chi connectivity index (χ3v) is 1.03. The van der Waals surface area contributed by atoms with Crippen LogP contribution < -0.4 is 0 Å². The van der Waals surface area contributed by atoms with Crippen molar-refractivity contribution in [2.45, 2.75) is 20.0 Å². The highest BCUT2D eigenvalue weighted by atomic mass is 16.5. The first kappa shape index (κ1) is 9.88. The van der Waals surface area contributed by atoms with E-state index in [0.29, 0.717) is 19.8 Å². The summed E-state index contributed by atoms with van der Waals surface area (Å²) in [5.41, 5.74) is 0. The number of aliphatic hydroxyl groups is 1. The van der Waals surface area contributed by atoms with Crippen LogP contribution in [-0.2, 0) is 9.47 Å². The number of aliphatic hydroxyl groups excluding tert-OH is 1. The van der Waals surface area contributed by atoms with E-state index in [-0.39, 0.29) is 6.10 Å². The normalized spacial score (nSPS) is 13.5. The molecule has 1 atom stereocenters. The molecular weight excluding hydrogens is 132 g/mol. The Hall–Kier alpha value is -0.120.